The standard InChI is InChI=1S/C17H20N2OS/c1-11-14-4-2-3-5-15(14)21-16(11)17(20)18-12-8-9-19(10-12)13-6-7-13/h2-5,12-13H,6-10H2,1H3,(H,18,20). The van der Waals surface area contributed by atoms with Crippen molar-refractivity contribution >= 4 is 27.3 Å². The zero-order valence-electron chi connectivity index (χ0n) is 12.3. The van der Waals surface area contributed by atoms with Crippen LogP contribution in [0.2, 0.25) is 0 Å². The monoisotopic (exact) mass is 300 g/mol. The SMILES string of the molecule is Cc1c(C(=O)NC2CCN(C3CC3)C2)sc2ccccc12. The summed E-state index contributed by atoms with van der Waals surface area (Å²) in [5, 5.41) is 4.45. The minimum atomic E-state index is 0.108. The number of thiophene rings is 1. The van der Waals surface area contributed by atoms with Gasteiger partial charge in [-0.1, -0.05) is 18.2 Å². The number of carbonyl (C=O) groups is 1. The lowest BCUT2D eigenvalue weighted by molar-refractivity contribution is 0.0941. The molecule has 4 rings (SSSR count). The topological polar surface area (TPSA) is 32.3 Å². The van der Waals surface area contributed by atoms with E-state index in [4.69, 9.17) is 0 Å². The van der Waals surface area contributed by atoms with Crippen LogP contribution in [0.1, 0.15) is 34.5 Å². The Balaban J connectivity index is 1.50. The number of rotatable bonds is 3. The Hall–Kier alpha value is -1.39. The molecular weight excluding hydrogens is 280 g/mol. The van der Waals surface area contributed by atoms with Crippen LogP contribution in [0, 0.1) is 6.92 Å². The van der Waals surface area contributed by atoms with Crippen LogP contribution in [-0.2, 0) is 0 Å². The zero-order chi connectivity index (χ0) is 14.4. The molecule has 1 aromatic heterocycles. The molecule has 2 fully saturated rings. The molecule has 0 spiro atoms. The molecule has 1 aliphatic heterocycles. The fourth-order valence-electron chi connectivity index (χ4n) is 3.32. The highest BCUT2D eigenvalue weighted by Crippen LogP contribution is 2.32. The molecule has 2 aromatic rings. The molecule has 1 unspecified atom stereocenters. The highest BCUT2D eigenvalue weighted by molar-refractivity contribution is 7.21. The van der Waals surface area contributed by atoms with Crippen LogP contribution in [0.3, 0.4) is 0 Å². The molecule has 1 N–H and O–H groups in total. The Kier molecular flexibility index (Phi) is 3.23. The molecule has 1 amide bonds. The van der Waals surface area contributed by atoms with E-state index < -0.39 is 0 Å². The van der Waals surface area contributed by atoms with E-state index in [9.17, 15) is 4.79 Å². The maximum atomic E-state index is 12.6. The molecule has 110 valence electrons. The van der Waals surface area contributed by atoms with Gasteiger partial charge in [-0.3, -0.25) is 9.69 Å². The van der Waals surface area contributed by atoms with Crippen molar-refractivity contribution in [3.63, 3.8) is 0 Å². The van der Waals surface area contributed by atoms with Gasteiger partial charge >= 0.3 is 0 Å². The summed E-state index contributed by atoms with van der Waals surface area (Å²) in [6.07, 6.45) is 3.78. The second kappa shape index (κ2) is 5.11. The van der Waals surface area contributed by atoms with Crippen LogP contribution >= 0.6 is 11.3 Å². The highest BCUT2D eigenvalue weighted by atomic mass is 32.1. The molecule has 1 aromatic carbocycles. The predicted molar refractivity (Wildman–Crippen MR) is 87.0 cm³/mol. The third-order valence-corrected chi connectivity index (χ3v) is 5.94. The number of amides is 1. The lowest BCUT2D eigenvalue weighted by atomic mass is 10.1. The van der Waals surface area contributed by atoms with Crippen molar-refractivity contribution in [1.29, 1.82) is 0 Å². The van der Waals surface area contributed by atoms with Gasteiger partial charge in [-0.25, -0.2) is 0 Å². The van der Waals surface area contributed by atoms with Gasteiger partial charge in [-0.05, 0) is 43.2 Å². The molecule has 3 nitrogen and oxygen atoms in total. The smallest absolute Gasteiger partial charge is 0.261 e. The Bertz CT molecular complexity index is 689. The minimum absolute atomic E-state index is 0.108. The van der Waals surface area contributed by atoms with Crippen LogP contribution in [0.5, 0.6) is 0 Å². The Morgan fingerprint density at radius 2 is 2.10 bits per heavy atom. The van der Waals surface area contributed by atoms with Crippen molar-refractivity contribution in [2.45, 2.75) is 38.3 Å². The average Bonchev–Trinajstić information content (AvgIpc) is 3.15. The van der Waals surface area contributed by atoms with Crippen LogP contribution in [0.25, 0.3) is 10.1 Å². The lowest BCUT2D eigenvalue weighted by Crippen LogP contribution is -2.37. The van der Waals surface area contributed by atoms with E-state index in [1.54, 1.807) is 11.3 Å². The zero-order valence-corrected chi connectivity index (χ0v) is 13.1. The van der Waals surface area contributed by atoms with E-state index in [0.717, 1.165) is 36.0 Å². The van der Waals surface area contributed by atoms with Crippen molar-refractivity contribution in [1.82, 2.24) is 10.2 Å². The van der Waals surface area contributed by atoms with Gasteiger partial charge in [0.05, 0.1) is 4.88 Å². The van der Waals surface area contributed by atoms with Crippen molar-refractivity contribution < 1.29 is 4.79 Å². The summed E-state index contributed by atoms with van der Waals surface area (Å²) in [6.45, 7) is 4.22. The summed E-state index contributed by atoms with van der Waals surface area (Å²) in [5.41, 5.74) is 1.12. The van der Waals surface area contributed by atoms with Crippen molar-refractivity contribution in [2.75, 3.05) is 13.1 Å². The third kappa shape index (κ3) is 2.47. The highest BCUT2D eigenvalue weighted by Gasteiger charge is 2.35. The molecule has 1 aliphatic carbocycles. The van der Waals surface area contributed by atoms with Gasteiger partial charge in [-0.2, -0.15) is 0 Å². The number of hydrogen-bond acceptors (Lipinski definition) is 3. The number of likely N-dealkylation sites (tertiary alicyclic amines) is 1. The third-order valence-electron chi connectivity index (χ3n) is 4.67. The normalized spacial score (nSPS) is 22.8. The first-order valence-corrected chi connectivity index (χ1v) is 8.57. The second-order valence-corrected chi connectivity index (χ2v) is 7.29. The number of hydrogen-bond donors (Lipinski definition) is 1. The summed E-state index contributed by atoms with van der Waals surface area (Å²) in [4.78, 5) is 16.0. The number of fused-ring (bicyclic) bond motifs is 1. The molecule has 1 saturated heterocycles. The number of carbonyl (C=O) groups excluding carboxylic acids is 1. The van der Waals surface area contributed by atoms with Crippen molar-refractivity contribution in [2.24, 2.45) is 0 Å². The summed E-state index contributed by atoms with van der Waals surface area (Å²) in [7, 11) is 0. The molecule has 21 heavy (non-hydrogen) atoms. The van der Waals surface area contributed by atoms with Gasteiger partial charge < -0.3 is 5.32 Å². The van der Waals surface area contributed by atoms with Gasteiger partial charge in [0.15, 0.2) is 0 Å². The van der Waals surface area contributed by atoms with Gasteiger partial charge in [0, 0.05) is 29.9 Å². The van der Waals surface area contributed by atoms with E-state index >= 15 is 0 Å². The molecule has 0 radical (unpaired) electrons. The molecule has 1 saturated carbocycles. The second-order valence-electron chi connectivity index (χ2n) is 6.24. The van der Waals surface area contributed by atoms with Crippen LogP contribution < -0.4 is 5.32 Å². The van der Waals surface area contributed by atoms with E-state index in [-0.39, 0.29) is 5.91 Å². The van der Waals surface area contributed by atoms with Crippen LogP contribution in [0.15, 0.2) is 24.3 Å². The average molecular weight is 300 g/mol. The van der Waals surface area contributed by atoms with Gasteiger partial charge in [0.1, 0.15) is 0 Å². The fourth-order valence-corrected chi connectivity index (χ4v) is 4.43. The number of benzene rings is 1. The quantitative estimate of drug-likeness (QED) is 0.944. The molecule has 4 heteroatoms. The Labute approximate surface area is 128 Å². The molecular formula is C17H20N2OS. The Morgan fingerprint density at radius 3 is 2.86 bits per heavy atom. The van der Waals surface area contributed by atoms with Gasteiger partial charge in [-0.15, -0.1) is 11.3 Å². The Morgan fingerprint density at radius 1 is 1.29 bits per heavy atom. The van der Waals surface area contributed by atoms with Crippen molar-refractivity contribution in [3.8, 4) is 0 Å². The molecule has 2 heterocycles. The minimum Gasteiger partial charge on any atom is -0.347 e. The van der Waals surface area contributed by atoms with E-state index in [0.29, 0.717) is 6.04 Å². The largest absolute Gasteiger partial charge is 0.347 e. The van der Waals surface area contributed by atoms with Crippen LogP contribution in [-0.4, -0.2) is 36.0 Å². The maximum Gasteiger partial charge on any atom is 0.261 e. The first-order chi connectivity index (χ1) is 10.2. The summed E-state index contributed by atoms with van der Waals surface area (Å²) in [5.74, 6) is 0.108. The first-order valence-electron chi connectivity index (χ1n) is 7.75. The summed E-state index contributed by atoms with van der Waals surface area (Å²) in [6, 6.07) is 9.38. The number of nitrogens with zero attached hydrogens (tertiary/aromatic N) is 1. The number of aryl methyl sites for hydroxylation is 1. The van der Waals surface area contributed by atoms with E-state index in [2.05, 4.69) is 29.3 Å². The maximum absolute atomic E-state index is 12.6. The summed E-state index contributed by atoms with van der Waals surface area (Å²) < 4.78 is 1.20. The van der Waals surface area contributed by atoms with E-state index in [1.165, 1.54) is 22.9 Å². The molecule has 1 atom stereocenters. The first kappa shape index (κ1) is 13.3. The van der Waals surface area contributed by atoms with Crippen LogP contribution in [0.4, 0.5) is 0 Å². The van der Waals surface area contributed by atoms with Crippen molar-refractivity contribution in [3.05, 3.63) is 34.7 Å². The lowest BCUT2D eigenvalue weighted by Gasteiger charge is -2.15. The summed E-state index contributed by atoms with van der Waals surface area (Å²) >= 11 is 1.61. The van der Waals surface area contributed by atoms with Gasteiger partial charge in [0.25, 0.3) is 5.91 Å². The predicted octanol–water partition coefficient (Wildman–Crippen LogP) is 3.18. The molecule has 0 bridgehead atoms. The number of nitrogens with one attached hydrogen (secondary N) is 1. The fraction of sp³-hybridized carbons (Fsp3) is 0.471. The van der Waals surface area contributed by atoms with E-state index in [1.807, 2.05) is 12.1 Å². The molecule has 2 aliphatic rings. The van der Waals surface area contributed by atoms with Gasteiger partial charge in [0.2, 0.25) is 0 Å².